The van der Waals surface area contributed by atoms with Crippen LogP contribution in [0, 0.1) is 5.82 Å². The van der Waals surface area contributed by atoms with E-state index in [0.717, 1.165) is 56.5 Å². The van der Waals surface area contributed by atoms with Crippen molar-refractivity contribution in [1.82, 2.24) is 20.3 Å². The van der Waals surface area contributed by atoms with E-state index in [0.29, 0.717) is 12.1 Å². The minimum atomic E-state index is -0.246. The van der Waals surface area contributed by atoms with Crippen LogP contribution in [0.15, 0.2) is 40.0 Å². The molecule has 1 fully saturated rings. The Morgan fingerprint density at radius 1 is 1.28 bits per heavy atom. The second-order valence-corrected chi connectivity index (χ2v) is 6.78. The molecule has 2 aromatic rings. The quantitative estimate of drug-likeness (QED) is 0.346. The molecular weight excluding hydrogens is 488 g/mol. The molecule has 0 atom stereocenters. The average molecular weight is 517 g/mol. The van der Waals surface area contributed by atoms with Crippen molar-refractivity contribution in [2.45, 2.75) is 26.6 Å². The molecule has 1 aliphatic rings. The molecule has 0 saturated carbocycles. The summed E-state index contributed by atoms with van der Waals surface area (Å²) in [6.45, 7) is 8.08. The molecule has 0 bridgehead atoms. The Balaban J connectivity index is 0.00000300. The highest BCUT2D eigenvalue weighted by Gasteiger charge is 2.20. The summed E-state index contributed by atoms with van der Waals surface area (Å²) in [6, 6.07) is 6.98. The standard InChI is InChI=1S/C20H28FN5O2.HI/c1-3-22-20(23-13-16-4-5-19(21)17(12-16)15-27-2)26-9-7-25(8-10-26)14-18-6-11-28-24-18;/h4-6,11-12H,3,7-10,13-15H2,1-2H3,(H,22,23);1H. The van der Waals surface area contributed by atoms with Crippen molar-refractivity contribution in [2.75, 3.05) is 39.8 Å². The Hall–Kier alpha value is -1.72. The van der Waals surface area contributed by atoms with Gasteiger partial charge in [-0.05, 0) is 24.6 Å². The van der Waals surface area contributed by atoms with Gasteiger partial charge in [-0.3, -0.25) is 4.90 Å². The predicted molar refractivity (Wildman–Crippen MR) is 121 cm³/mol. The Kier molecular flexibility index (Phi) is 9.82. The summed E-state index contributed by atoms with van der Waals surface area (Å²) in [6.07, 6.45) is 1.61. The van der Waals surface area contributed by atoms with Gasteiger partial charge in [-0.2, -0.15) is 0 Å². The molecule has 1 N–H and O–H groups in total. The lowest BCUT2D eigenvalue weighted by molar-refractivity contribution is 0.169. The Labute approximate surface area is 188 Å². The molecule has 0 radical (unpaired) electrons. The van der Waals surface area contributed by atoms with E-state index < -0.39 is 0 Å². The van der Waals surface area contributed by atoms with Gasteiger partial charge in [0.05, 0.1) is 18.8 Å². The molecule has 1 saturated heterocycles. The average Bonchev–Trinajstić information content (AvgIpc) is 3.21. The first kappa shape index (κ1) is 23.6. The van der Waals surface area contributed by atoms with Gasteiger partial charge in [0, 0.05) is 58.0 Å². The fourth-order valence-electron chi connectivity index (χ4n) is 3.25. The lowest BCUT2D eigenvalue weighted by Crippen LogP contribution is -2.52. The third-order valence-electron chi connectivity index (χ3n) is 4.70. The summed E-state index contributed by atoms with van der Waals surface area (Å²) in [4.78, 5) is 9.38. The highest BCUT2D eigenvalue weighted by molar-refractivity contribution is 14.0. The molecule has 0 unspecified atom stereocenters. The van der Waals surface area contributed by atoms with Crippen LogP contribution < -0.4 is 5.32 Å². The van der Waals surface area contributed by atoms with Crippen molar-refractivity contribution in [2.24, 2.45) is 4.99 Å². The number of aliphatic imine (C=N–C) groups is 1. The number of rotatable bonds is 7. The van der Waals surface area contributed by atoms with Gasteiger partial charge in [0.1, 0.15) is 12.1 Å². The topological polar surface area (TPSA) is 66.1 Å². The maximum Gasteiger partial charge on any atom is 0.194 e. The number of nitrogens with zero attached hydrogens (tertiary/aromatic N) is 4. The van der Waals surface area contributed by atoms with Gasteiger partial charge in [0.25, 0.3) is 0 Å². The molecule has 2 heterocycles. The van der Waals surface area contributed by atoms with E-state index in [1.807, 2.05) is 12.1 Å². The van der Waals surface area contributed by atoms with E-state index in [1.165, 1.54) is 6.07 Å². The number of aromatic nitrogens is 1. The zero-order chi connectivity index (χ0) is 19.8. The van der Waals surface area contributed by atoms with Gasteiger partial charge >= 0.3 is 0 Å². The molecule has 9 heteroatoms. The number of benzene rings is 1. The number of halogens is 2. The first-order valence-electron chi connectivity index (χ1n) is 9.60. The zero-order valence-corrected chi connectivity index (χ0v) is 19.3. The van der Waals surface area contributed by atoms with Crippen LogP contribution in [-0.2, 0) is 24.4 Å². The number of guanidine groups is 1. The van der Waals surface area contributed by atoms with E-state index in [1.54, 1.807) is 19.4 Å². The van der Waals surface area contributed by atoms with E-state index >= 15 is 0 Å². The molecule has 3 rings (SSSR count). The molecule has 1 aromatic heterocycles. The third kappa shape index (κ3) is 6.93. The molecule has 160 valence electrons. The van der Waals surface area contributed by atoms with Gasteiger partial charge < -0.3 is 19.5 Å². The first-order valence-corrected chi connectivity index (χ1v) is 9.60. The van der Waals surface area contributed by atoms with Gasteiger partial charge in [-0.15, -0.1) is 24.0 Å². The van der Waals surface area contributed by atoms with Crippen LogP contribution >= 0.6 is 24.0 Å². The minimum absolute atomic E-state index is 0. The first-order chi connectivity index (χ1) is 13.7. The van der Waals surface area contributed by atoms with E-state index in [-0.39, 0.29) is 36.4 Å². The van der Waals surface area contributed by atoms with Crippen LogP contribution in [0.3, 0.4) is 0 Å². The number of ether oxygens (including phenoxy) is 1. The van der Waals surface area contributed by atoms with Crippen LogP contribution in [-0.4, -0.2) is 60.7 Å². The number of hydrogen-bond acceptors (Lipinski definition) is 5. The molecule has 0 spiro atoms. The fourth-order valence-corrected chi connectivity index (χ4v) is 3.25. The summed E-state index contributed by atoms with van der Waals surface area (Å²) < 4.78 is 23.8. The normalized spacial score (nSPS) is 15.3. The summed E-state index contributed by atoms with van der Waals surface area (Å²) in [5.74, 6) is 0.644. The summed E-state index contributed by atoms with van der Waals surface area (Å²) in [5, 5.41) is 7.35. The highest BCUT2D eigenvalue weighted by atomic mass is 127. The Morgan fingerprint density at radius 2 is 2.07 bits per heavy atom. The number of piperazine rings is 1. The Morgan fingerprint density at radius 3 is 2.72 bits per heavy atom. The zero-order valence-electron chi connectivity index (χ0n) is 16.9. The van der Waals surface area contributed by atoms with E-state index in [2.05, 4.69) is 27.2 Å². The molecule has 1 aromatic carbocycles. The van der Waals surface area contributed by atoms with Crippen LogP contribution in [0.25, 0.3) is 0 Å². The van der Waals surface area contributed by atoms with Gasteiger partial charge in [-0.25, -0.2) is 9.38 Å². The number of hydrogen-bond donors (Lipinski definition) is 1. The second kappa shape index (κ2) is 12.1. The lowest BCUT2D eigenvalue weighted by atomic mass is 10.1. The molecule has 1 aliphatic heterocycles. The van der Waals surface area contributed by atoms with Crippen molar-refractivity contribution in [3.05, 3.63) is 53.2 Å². The van der Waals surface area contributed by atoms with Gasteiger partial charge in [0.15, 0.2) is 5.96 Å². The number of nitrogens with one attached hydrogen (secondary N) is 1. The van der Waals surface area contributed by atoms with Crippen molar-refractivity contribution in [3.8, 4) is 0 Å². The van der Waals surface area contributed by atoms with Crippen molar-refractivity contribution in [1.29, 1.82) is 0 Å². The minimum Gasteiger partial charge on any atom is -0.380 e. The van der Waals surface area contributed by atoms with E-state index in [4.69, 9.17) is 14.3 Å². The van der Waals surface area contributed by atoms with E-state index in [9.17, 15) is 4.39 Å². The Bertz CT molecular complexity index is 764. The van der Waals surface area contributed by atoms with Gasteiger partial charge in [0.2, 0.25) is 0 Å². The summed E-state index contributed by atoms with van der Waals surface area (Å²) in [5.41, 5.74) is 2.48. The second-order valence-electron chi connectivity index (χ2n) is 6.78. The molecular formula is C20H29FIN5O2. The van der Waals surface area contributed by atoms with Gasteiger partial charge in [-0.1, -0.05) is 11.2 Å². The third-order valence-corrected chi connectivity index (χ3v) is 4.70. The SMILES string of the molecule is CCNC(=NCc1ccc(F)c(COC)c1)N1CCN(Cc2ccon2)CC1.I. The molecule has 7 nitrogen and oxygen atoms in total. The van der Waals surface area contributed by atoms with Crippen LogP contribution in [0.2, 0.25) is 0 Å². The number of methoxy groups -OCH3 is 1. The molecule has 0 aliphatic carbocycles. The highest BCUT2D eigenvalue weighted by Crippen LogP contribution is 2.13. The van der Waals surface area contributed by atoms with Crippen LogP contribution in [0.5, 0.6) is 0 Å². The molecule has 29 heavy (non-hydrogen) atoms. The molecule has 0 amide bonds. The summed E-state index contributed by atoms with van der Waals surface area (Å²) in [7, 11) is 1.57. The monoisotopic (exact) mass is 517 g/mol. The smallest absolute Gasteiger partial charge is 0.194 e. The maximum atomic E-state index is 13.8. The maximum absolute atomic E-state index is 13.8. The fraction of sp³-hybridized carbons (Fsp3) is 0.500. The van der Waals surface area contributed by atoms with Crippen molar-refractivity contribution in [3.63, 3.8) is 0 Å². The van der Waals surface area contributed by atoms with Crippen molar-refractivity contribution < 1.29 is 13.7 Å². The lowest BCUT2D eigenvalue weighted by Gasteiger charge is -2.36. The summed E-state index contributed by atoms with van der Waals surface area (Å²) >= 11 is 0. The largest absolute Gasteiger partial charge is 0.380 e. The van der Waals surface area contributed by atoms with Crippen molar-refractivity contribution >= 4 is 29.9 Å². The predicted octanol–water partition coefficient (Wildman–Crippen LogP) is 2.86. The van der Waals surface area contributed by atoms with Crippen LogP contribution in [0.4, 0.5) is 4.39 Å². The van der Waals surface area contributed by atoms with Crippen LogP contribution in [0.1, 0.15) is 23.7 Å².